The van der Waals surface area contributed by atoms with Crippen molar-refractivity contribution in [1.29, 1.82) is 0 Å². The van der Waals surface area contributed by atoms with Crippen LogP contribution in [0.15, 0.2) is 36.4 Å². The first-order valence-electron chi connectivity index (χ1n) is 9.49. The van der Waals surface area contributed by atoms with E-state index in [4.69, 9.17) is 5.10 Å². The molecule has 0 saturated carbocycles. The Bertz CT molecular complexity index is 912. The second-order valence-corrected chi connectivity index (χ2v) is 8.15. The maximum Gasteiger partial charge on any atom is 0.264 e. The molecule has 1 aliphatic heterocycles. The number of hydrogen-bond acceptors (Lipinski definition) is 3. The lowest BCUT2D eigenvalue weighted by Crippen LogP contribution is -2.43. The van der Waals surface area contributed by atoms with Gasteiger partial charge in [-0.1, -0.05) is 37.3 Å². The number of aryl methyl sites for hydroxylation is 1. The van der Waals surface area contributed by atoms with Crippen molar-refractivity contribution < 1.29 is 4.79 Å². The minimum Gasteiger partial charge on any atom is -0.335 e. The molecule has 1 saturated heterocycles. The number of fused-ring (bicyclic) bond motifs is 1. The number of carbonyl (C=O) groups excluding carboxylic acids is 1. The van der Waals surface area contributed by atoms with Gasteiger partial charge in [0.05, 0.1) is 17.1 Å². The summed E-state index contributed by atoms with van der Waals surface area (Å²) in [5, 5.41) is 5.80. The number of thiophene rings is 1. The van der Waals surface area contributed by atoms with Crippen LogP contribution in [0.5, 0.6) is 0 Å². The Kier molecular flexibility index (Phi) is 4.81. The highest BCUT2D eigenvalue weighted by Gasteiger charge is 2.28. The summed E-state index contributed by atoms with van der Waals surface area (Å²) in [4.78, 5) is 17.2. The third kappa shape index (κ3) is 3.16. The number of rotatable bonds is 4. The molecule has 1 atom stereocenters. The minimum atomic E-state index is 0.198. The fourth-order valence-electron chi connectivity index (χ4n) is 3.92. The molecule has 26 heavy (non-hydrogen) atoms. The lowest BCUT2D eigenvalue weighted by Gasteiger charge is -2.35. The van der Waals surface area contributed by atoms with Gasteiger partial charge in [-0.15, -0.1) is 11.3 Å². The number of likely N-dealkylation sites (tertiary alicyclic amines) is 1. The number of benzene rings is 1. The van der Waals surface area contributed by atoms with Gasteiger partial charge in [0.15, 0.2) is 0 Å². The average molecular weight is 368 g/mol. The van der Waals surface area contributed by atoms with Crippen molar-refractivity contribution in [3.05, 3.63) is 52.5 Å². The van der Waals surface area contributed by atoms with E-state index in [1.807, 2.05) is 35.9 Å². The fraction of sp³-hybridized carbons (Fsp3) is 0.429. The monoisotopic (exact) mass is 367 g/mol. The number of carbonyl (C=O) groups is 1. The number of aromatic nitrogens is 2. The molecule has 4 rings (SSSR count). The van der Waals surface area contributed by atoms with E-state index in [0.29, 0.717) is 6.04 Å². The lowest BCUT2D eigenvalue weighted by atomic mass is 10.00. The fourth-order valence-corrected chi connectivity index (χ4v) is 5.03. The molecule has 1 fully saturated rings. The van der Waals surface area contributed by atoms with E-state index in [9.17, 15) is 4.79 Å². The van der Waals surface area contributed by atoms with E-state index >= 15 is 0 Å². The Morgan fingerprint density at radius 2 is 2.08 bits per heavy atom. The molecule has 2 aromatic heterocycles. The zero-order valence-electron chi connectivity index (χ0n) is 15.4. The molecule has 0 bridgehead atoms. The van der Waals surface area contributed by atoms with Crippen LogP contribution in [0, 0.1) is 6.92 Å². The standard InChI is InChI=1S/C21H25N3OS/c1-3-17-11-7-8-12-23(17)20(25)19-13-18-15(2)22-24(21(18)26-19)14-16-9-5-4-6-10-16/h4-6,9-10,13,17H,3,7-8,11-12,14H2,1-2H3. The smallest absolute Gasteiger partial charge is 0.264 e. The summed E-state index contributed by atoms with van der Waals surface area (Å²) in [6.45, 7) is 5.84. The van der Waals surface area contributed by atoms with Crippen molar-refractivity contribution in [3.63, 3.8) is 0 Å². The molecule has 0 spiro atoms. The molecule has 0 radical (unpaired) electrons. The zero-order valence-corrected chi connectivity index (χ0v) is 16.3. The summed E-state index contributed by atoms with van der Waals surface area (Å²) in [5.41, 5.74) is 2.22. The van der Waals surface area contributed by atoms with Crippen molar-refractivity contribution in [2.75, 3.05) is 6.54 Å². The maximum absolute atomic E-state index is 13.1. The highest BCUT2D eigenvalue weighted by Crippen LogP contribution is 2.31. The van der Waals surface area contributed by atoms with Crippen LogP contribution in [0.25, 0.3) is 10.2 Å². The van der Waals surface area contributed by atoms with E-state index < -0.39 is 0 Å². The van der Waals surface area contributed by atoms with Crippen LogP contribution in [0.1, 0.15) is 53.5 Å². The zero-order chi connectivity index (χ0) is 18.1. The summed E-state index contributed by atoms with van der Waals surface area (Å²) in [6.07, 6.45) is 4.53. The Balaban J connectivity index is 1.65. The van der Waals surface area contributed by atoms with Crippen LogP contribution in [0.3, 0.4) is 0 Å². The van der Waals surface area contributed by atoms with Gasteiger partial charge in [0, 0.05) is 18.0 Å². The summed E-state index contributed by atoms with van der Waals surface area (Å²) < 4.78 is 2.04. The van der Waals surface area contributed by atoms with Gasteiger partial charge in [-0.05, 0) is 44.2 Å². The number of nitrogens with zero attached hydrogens (tertiary/aromatic N) is 3. The SMILES string of the molecule is CCC1CCCCN1C(=O)c1cc2c(C)nn(Cc3ccccc3)c2s1. The Labute approximate surface area is 158 Å². The molecule has 5 heteroatoms. The molecule has 4 nitrogen and oxygen atoms in total. The van der Waals surface area contributed by atoms with Crippen LogP contribution in [-0.2, 0) is 6.54 Å². The van der Waals surface area contributed by atoms with Crippen LogP contribution >= 0.6 is 11.3 Å². The third-order valence-electron chi connectivity index (χ3n) is 5.35. The quantitative estimate of drug-likeness (QED) is 0.660. The second kappa shape index (κ2) is 7.23. The van der Waals surface area contributed by atoms with Gasteiger partial charge in [-0.25, -0.2) is 0 Å². The van der Waals surface area contributed by atoms with Crippen LogP contribution in [-0.4, -0.2) is 33.2 Å². The summed E-state index contributed by atoms with van der Waals surface area (Å²) in [7, 11) is 0. The normalized spacial score (nSPS) is 17.8. The van der Waals surface area contributed by atoms with E-state index in [-0.39, 0.29) is 5.91 Å². The highest BCUT2D eigenvalue weighted by molar-refractivity contribution is 7.20. The van der Waals surface area contributed by atoms with Gasteiger partial charge in [0.25, 0.3) is 5.91 Å². The molecule has 0 aliphatic carbocycles. The number of piperidine rings is 1. The van der Waals surface area contributed by atoms with E-state index in [1.54, 1.807) is 11.3 Å². The van der Waals surface area contributed by atoms with Gasteiger partial charge in [-0.3, -0.25) is 9.48 Å². The first kappa shape index (κ1) is 17.3. The molecule has 136 valence electrons. The van der Waals surface area contributed by atoms with Crippen molar-refractivity contribution in [3.8, 4) is 0 Å². The molecule has 3 aromatic rings. The average Bonchev–Trinajstić information content (AvgIpc) is 3.23. The third-order valence-corrected chi connectivity index (χ3v) is 6.49. The second-order valence-electron chi connectivity index (χ2n) is 7.11. The van der Waals surface area contributed by atoms with Crippen molar-refractivity contribution in [1.82, 2.24) is 14.7 Å². The van der Waals surface area contributed by atoms with Crippen LogP contribution < -0.4 is 0 Å². The highest BCUT2D eigenvalue weighted by atomic mass is 32.1. The van der Waals surface area contributed by atoms with Gasteiger partial charge in [-0.2, -0.15) is 5.10 Å². The number of amides is 1. The molecular formula is C21H25N3OS. The van der Waals surface area contributed by atoms with E-state index in [2.05, 4.69) is 24.0 Å². The lowest BCUT2D eigenvalue weighted by molar-refractivity contribution is 0.0613. The minimum absolute atomic E-state index is 0.198. The number of hydrogen-bond donors (Lipinski definition) is 0. The summed E-state index contributed by atoms with van der Waals surface area (Å²) in [5.74, 6) is 0.198. The van der Waals surface area contributed by atoms with Gasteiger partial charge in [0.1, 0.15) is 4.83 Å². The van der Waals surface area contributed by atoms with Crippen LogP contribution in [0.2, 0.25) is 0 Å². The Morgan fingerprint density at radius 3 is 2.85 bits per heavy atom. The maximum atomic E-state index is 13.1. The Hall–Kier alpha value is -2.14. The Morgan fingerprint density at radius 1 is 1.27 bits per heavy atom. The summed E-state index contributed by atoms with van der Waals surface area (Å²) in [6, 6.07) is 12.8. The van der Waals surface area contributed by atoms with Gasteiger partial charge in [0.2, 0.25) is 0 Å². The summed E-state index contributed by atoms with van der Waals surface area (Å²) >= 11 is 1.59. The molecule has 1 unspecified atom stereocenters. The topological polar surface area (TPSA) is 38.1 Å². The van der Waals surface area contributed by atoms with E-state index in [1.165, 1.54) is 12.0 Å². The van der Waals surface area contributed by atoms with Crippen molar-refractivity contribution in [2.24, 2.45) is 0 Å². The first-order chi connectivity index (χ1) is 12.7. The molecule has 0 N–H and O–H groups in total. The van der Waals surface area contributed by atoms with Gasteiger partial charge < -0.3 is 4.90 Å². The molecule has 1 aromatic carbocycles. The first-order valence-corrected chi connectivity index (χ1v) is 10.3. The molecule has 1 aliphatic rings. The van der Waals surface area contributed by atoms with E-state index in [0.717, 1.165) is 53.1 Å². The molecule has 3 heterocycles. The largest absolute Gasteiger partial charge is 0.335 e. The molecule has 1 amide bonds. The van der Waals surface area contributed by atoms with Gasteiger partial charge >= 0.3 is 0 Å². The predicted octanol–water partition coefficient (Wildman–Crippen LogP) is 4.86. The molecular weight excluding hydrogens is 342 g/mol. The van der Waals surface area contributed by atoms with Crippen molar-refractivity contribution in [2.45, 2.75) is 52.1 Å². The van der Waals surface area contributed by atoms with Crippen LogP contribution in [0.4, 0.5) is 0 Å². The van der Waals surface area contributed by atoms with Crippen molar-refractivity contribution >= 4 is 27.5 Å². The predicted molar refractivity (Wildman–Crippen MR) is 107 cm³/mol.